The monoisotopic (exact) mass is 304 g/mol. The third-order valence-corrected chi connectivity index (χ3v) is 5.78. The molecule has 4 nitrogen and oxygen atoms in total. The van der Waals surface area contributed by atoms with Gasteiger partial charge in [0.25, 0.3) is 10.0 Å². The molecule has 0 aliphatic heterocycles. The zero-order valence-corrected chi connectivity index (χ0v) is 13.9. The Labute approximate surface area is 120 Å². The molecule has 1 rings (SSSR count). The van der Waals surface area contributed by atoms with Crippen LogP contribution in [-0.2, 0) is 16.6 Å². The van der Waals surface area contributed by atoms with Crippen LogP contribution in [-0.4, -0.2) is 14.0 Å². The van der Waals surface area contributed by atoms with Crippen LogP contribution < -0.4 is 10.5 Å². The number of nitrogens with two attached hydrogens (primary N) is 1. The van der Waals surface area contributed by atoms with Crippen LogP contribution in [0.25, 0.3) is 0 Å². The Hall–Kier alpha value is -0.430. The van der Waals surface area contributed by atoms with E-state index in [0.717, 1.165) is 11.3 Å². The zero-order chi connectivity index (χ0) is 14.9. The number of hydrogen-bond acceptors (Lipinski definition) is 4. The van der Waals surface area contributed by atoms with Gasteiger partial charge in [0.15, 0.2) is 0 Å². The Morgan fingerprint density at radius 2 is 1.79 bits per heavy atom. The maximum absolute atomic E-state index is 12.3. The Bertz CT molecular complexity index is 525. The average molecular weight is 304 g/mol. The minimum Gasteiger partial charge on any atom is -0.326 e. The van der Waals surface area contributed by atoms with Crippen LogP contribution in [0.2, 0.25) is 0 Å². The van der Waals surface area contributed by atoms with Gasteiger partial charge < -0.3 is 5.73 Å². The van der Waals surface area contributed by atoms with E-state index in [1.165, 1.54) is 11.3 Å². The lowest BCUT2D eigenvalue weighted by Crippen LogP contribution is -2.45. The molecule has 0 amide bonds. The van der Waals surface area contributed by atoms with E-state index in [1.807, 2.05) is 13.8 Å². The van der Waals surface area contributed by atoms with E-state index in [-0.39, 0.29) is 5.41 Å². The first-order valence-corrected chi connectivity index (χ1v) is 8.58. The van der Waals surface area contributed by atoms with Crippen LogP contribution in [0.3, 0.4) is 0 Å². The number of rotatable bonds is 5. The molecule has 1 aromatic rings. The summed E-state index contributed by atoms with van der Waals surface area (Å²) in [7, 11) is -3.47. The van der Waals surface area contributed by atoms with Crippen molar-refractivity contribution >= 4 is 21.4 Å². The fourth-order valence-corrected chi connectivity index (χ4v) is 5.03. The highest BCUT2D eigenvalue weighted by molar-refractivity contribution is 7.91. The molecule has 0 unspecified atom stereocenters. The maximum Gasteiger partial charge on any atom is 0.250 e. The first kappa shape index (κ1) is 16.6. The van der Waals surface area contributed by atoms with Crippen molar-refractivity contribution in [3.63, 3.8) is 0 Å². The van der Waals surface area contributed by atoms with Gasteiger partial charge in [-0.3, -0.25) is 0 Å². The topological polar surface area (TPSA) is 72.2 Å². The minimum absolute atomic E-state index is 0.0594. The van der Waals surface area contributed by atoms with Crippen LogP contribution in [0.4, 0.5) is 0 Å². The van der Waals surface area contributed by atoms with Crippen LogP contribution in [0.15, 0.2) is 16.3 Å². The molecule has 0 aliphatic rings. The molecule has 0 radical (unpaired) electrons. The maximum atomic E-state index is 12.3. The molecular formula is C13H24N2O2S2. The molecule has 1 aromatic heterocycles. The molecule has 0 spiro atoms. The Balaban J connectivity index is 2.90. The number of thiophene rings is 1. The standard InChI is InChI=1S/C13H24N2O2S2/c1-12(2,3)9-13(4,5)15-19(16,17)11-7-6-10(8-14)18-11/h6-7,15H,8-9,14H2,1-5H3. The van der Waals surface area contributed by atoms with Crippen molar-refractivity contribution in [3.8, 4) is 0 Å². The van der Waals surface area contributed by atoms with Gasteiger partial charge in [0.2, 0.25) is 0 Å². The molecule has 0 bridgehead atoms. The van der Waals surface area contributed by atoms with E-state index in [9.17, 15) is 8.42 Å². The summed E-state index contributed by atoms with van der Waals surface area (Å²) in [4.78, 5) is 0.869. The lowest BCUT2D eigenvalue weighted by atomic mass is 9.82. The summed E-state index contributed by atoms with van der Waals surface area (Å²) in [5.41, 5.74) is 5.09. The van der Waals surface area contributed by atoms with Gasteiger partial charge in [-0.25, -0.2) is 13.1 Å². The quantitative estimate of drug-likeness (QED) is 0.878. The second-order valence-electron chi connectivity index (χ2n) is 6.65. The van der Waals surface area contributed by atoms with Crippen LogP contribution in [0.5, 0.6) is 0 Å². The predicted octanol–water partition coefficient (Wildman–Crippen LogP) is 2.70. The van der Waals surface area contributed by atoms with Gasteiger partial charge in [0.1, 0.15) is 4.21 Å². The Morgan fingerprint density at radius 3 is 2.21 bits per heavy atom. The number of sulfonamides is 1. The van der Waals surface area contributed by atoms with Crippen molar-refractivity contribution in [1.29, 1.82) is 0 Å². The summed E-state index contributed by atoms with van der Waals surface area (Å²) in [6, 6.07) is 3.37. The van der Waals surface area contributed by atoms with Crippen LogP contribution in [0, 0.1) is 5.41 Å². The fraction of sp³-hybridized carbons (Fsp3) is 0.692. The third kappa shape index (κ3) is 5.22. The summed E-state index contributed by atoms with van der Waals surface area (Å²) in [5, 5.41) is 0. The highest BCUT2D eigenvalue weighted by atomic mass is 32.2. The molecule has 0 saturated carbocycles. The van der Waals surface area contributed by atoms with Gasteiger partial charge in [-0.05, 0) is 37.8 Å². The van der Waals surface area contributed by atoms with Crippen molar-refractivity contribution in [3.05, 3.63) is 17.0 Å². The van der Waals surface area contributed by atoms with Gasteiger partial charge in [0.05, 0.1) is 0 Å². The summed E-state index contributed by atoms with van der Waals surface area (Å²) in [6.45, 7) is 10.5. The summed E-state index contributed by atoms with van der Waals surface area (Å²) < 4.78 is 27.8. The zero-order valence-electron chi connectivity index (χ0n) is 12.3. The summed E-state index contributed by atoms with van der Waals surface area (Å²) in [6.07, 6.45) is 0.758. The van der Waals surface area contributed by atoms with Crippen LogP contribution >= 0.6 is 11.3 Å². The lowest BCUT2D eigenvalue weighted by molar-refractivity contribution is 0.269. The average Bonchev–Trinajstić information content (AvgIpc) is 2.59. The van der Waals surface area contributed by atoms with Gasteiger partial charge in [-0.2, -0.15) is 0 Å². The largest absolute Gasteiger partial charge is 0.326 e. The van der Waals surface area contributed by atoms with E-state index in [2.05, 4.69) is 25.5 Å². The second kappa shape index (κ2) is 5.52. The Kier molecular flexibility index (Phi) is 4.83. The molecule has 0 aromatic carbocycles. The molecule has 3 N–H and O–H groups in total. The van der Waals surface area contributed by atoms with Crippen LogP contribution in [0.1, 0.15) is 45.9 Å². The van der Waals surface area contributed by atoms with Crippen molar-refractivity contribution in [2.75, 3.05) is 0 Å². The summed E-state index contributed by atoms with van der Waals surface area (Å²) >= 11 is 1.22. The molecular weight excluding hydrogens is 280 g/mol. The molecule has 19 heavy (non-hydrogen) atoms. The molecule has 1 heterocycles. The van der Waals surface area contributed by atoms with Crippen molar-refractivity contribution in [2.45, 2.75) is 57.3 Å². The molecule has 0 fully saturated rings. The highest BCUT2D eigenvalue weighted by Crippen LogP contribution is 2.29. The van der Waals surface area contributed by atoms with Crippen molar-refractivity contribution in [1.82, 2.24) is 4.72 Å². The minimum atomic E-state index is -3.47. The first-order valence-electron chi connectivity index (χ1n) is 6.28. The first-order chi connectivity index (χ1) is 8.45. The Morgan fingerprint density at radius 1 is 1.21 bits per heavy atom. The number of nitrogens with one attached hydrogen (secondary N) is 1. The molecule has 110 valence electrons. The van der Waals surface area contributed by atoms with Crippen molar-refractivity contribution < 1.29 is 8.42 Å². The molecule has 0 atom stereocenters. The van der Waals surface area contributed by atoms with Crippen molar-refractivity contribution in [2.24, 2.45) is 11.1 Å². The normalized spacial score (nSPS) is 13.8. The van der Waals surface area contributed by atoms with Gasteiger partial charge >= 0.3 is 0 Å². The SMILES string of the molecule is CC(C)(C)CC(C)(C)NS(=O)(=O)c1ccc(CN)s1. The lowest BCUT2D eigenvalue weighted by Gasteiger charge is -2.32. The molecule has 6 heteroatoms. The van der Waals surface area contributed by atoms with E-state index in [0.29, 0.717) is 10.8 Å². The van der Waals surface area contributed by atoms with E-state index in [1.54, 1.807) is 12.1 Å². The van der Waals surface area contributed by atoms with E-state index >= 15 is 0 Å². The van der Waals surface area contributed by atoms with Gasteiger partial charge in [0, 0.05) is 17.0 Å². The fourth-order valence-electron chi connectivity index (χ4n) is 2.39. The van der Waals surface area contributed by atoms with Gasteiger partial charge in [-0.1, -0.05) is 20.8 Å². The van der Waals surface area contributed by atoms with E-state index < -0.39 is 15.6 Å². The predicted molar refractivity (Wildman–Crippen MR) is 80.7 cm³/mol. The van der Waals surface area contributed by atoms with Gasteiger partial charge in [-0.15, -0.1) is 11.3 Å². The van der Waals surface area contributed by atoms with E-state index in [4.69, 9.17) is 5.73 Å². The molecule has 0 aliphatic carbocycles. The second-order valence-corrected chi connectivity index (χ2v) is 9.73. The number of hydrogen-bond donors (Lipinski definition) is 2. The summed E-state index contributed by atoms with van der Waals surface area (Å²) in [5.74, 6) is 0. The highest BCUT2D eigenvalue weighted by Gasteiger charge is 2.31. The molecule has 0 saturated heterocycles. The smallest absolute Gasteiger partial charge is 0.250 e. The third-order valence-electron chi connectivity index (χ3n) is 2.49.